The molecule has 0 unspecified atom stereocenters. The second-order valence-electron chi connectivity index (χ2n) is 3.99. The summed E-state index contributed by atoms with van der Waals surface area (Å²) in [5.41, 5.74) is 5.87. The van der Waals surface area contributed by atoms with Crippen molar-refractivity contribution in [2.24, 2.45) is 5.73 Å². The summed E-state index contributed by atoms with van der Waals surface area (Å²) in [5.74, 6) is -0.140. The molecule has 0 bridgehead atoms. The van der Waals surface area contributed by atoms with Crippen molar-refractivity contribution in [2.45, 2.75) is 6.42 Å². The highest BCUT2D eigenvalue weighted by molar-refractivity contribution is 7.92. The summed E-state index contributed by atoms with van der Waals surface area (Å²) in [6, 6.07) is 8.77. The molecule has 1 aromatic carbocycles. The molecule has 1 aromatic rings. The highest BCUT2D eigenvalue weighted by Gasteiger charge is 2.22. The highest BCUT2D eigenvalue weighted by atomic mass is 32.2. The number of para-hydroxylation sites is 1. The first-order valence-corrected chi connectivity index (χ1v) is 7.45. The van der Waals surface area contributed by atoms with Gasteiger partial charge in [-0.15, -0.1) is 0 Å². The van der Waals surface area contributed by atoms with Gasteiger partial charge in [0.2, 0.25) is 10.0 Å². The number of methoxy groups -OCH3 is 1. The Bertz CT molecular complexity index is 502. The Morgan fingerprint density at radius 1 is 1.37 bits per heavy atom. The fourth-order valence-electron chi connectivity index (χ4n) is 1.54. The fourth-order valence-corrected chi connectivity index (χ4v) is 2.95. The molecule has 0 atom stereocenters. The fraction of sp³-hybridized carbons (Fsp3) is 0.417. The number of hydrogen-bond acceptors (Lipinski definition) is 4. The van der Waals surface area contributed by atoms with Crippen molar-refractivity contribution in [1.82, 2.24) is 0 Å². The van der Waals surface area contributed by atoms with Gasteiger partial charge in [0.25, 0.3) is 0 Å². The van der Waals surface area contributed by atoms with Gasteiger partial charge in [-0.2, -0.15) is 0 Å². The van der Waals surface area contributed by atoms with Crippen molar-refractivity contribution in [2.75, 3.05) is 30.3 Å². The quantitative estimate of drug-likeness (QED) is 0.545. The van der Waals surface area contributed by atoms with E-state index in [0.717, 1.165) is 0 Å². The van der Waals surface area contributed by atoms with Crippen molar-refractivity contribution in [1.29, 1.82) is 5.41 Å². The van der Waals surface area contributed by atoms with Crippen LogP contribution in [0, 0.1) is 5.41 Å². The minimum atomic E-state index is -3.48. The van der Waals surface area contributed by atoms with E-state index in [-0.39, 0.29) is 31.2 Å². The lowest BCUT2D eigenvalue weighted by atomic mass is 10.3. The van der Waals surface area contributed by atoms with Crippen molar-refractivity contribution < 1.29 is 13.2 Å². The molecule has 0 saturated carbocycles. The smallest absolute Gasteiger partial charge is 0.237 e. The number of nitrogens with two attached hydrogens (primary N) is 1. The van der Waals surface area contributed by atoms with E-state index in [2.05, 4.69) is 0 Å². The molecule has 0 fully saturated rings. The van der Waals surface area contributed by atoms with E-state index >= 15 is 0 Å². The summed E-state index contributed by atoms with van der Waals surface area (Å²) in [7, 11) is -2.02. The van der Waals surface area contributed by atoms with E-state index in [1.165, 1.54) is 11.4 Å². The van der Waals surface area contributed by atoms with E-state index in [0.29, 0.717) is 5.69 Å². The first kappa shape index (κ1) is 15.5. The summed E-state index contributed by atoms with van der Waals surface area (Å²) >= 11 is 0. The van der Waals surface area contributed by atoms with Crippen LogP contribution >= 0.6 is 0 Å². The van der Waals surface area contributed by atoms with Crippen LogP contribution in [-0.2, 0) is 14.8 Å². The second kappa shape index (κ2) is 7.10. The number of amidine groups is 1. The molecule has 19 heavy (non-hydrogen) atoms. The Morgan fingerprint density at radius 3 is 2.53 bits per heavy atom. The molecule has 3 N–H and O–H groups in total. The molecule has 0 aliphatic rings. The van der Waals surface area contributed by atoms with Crippen LogP contribution in [0.3, 0.4) is 0 Å². The van der Waals surface area contributed by atoms with Gasteiger partial charge in [0.1, 0.15) is 0 Å². The molecular formula is C12H19N3O3S. The molecule has 0 aliphatic heterocycles. The van der Waals surface area contributed by atoms with Crippen LogP contribution in [0.5, 0.6) is 0 Å². The largest absolute Gasteiger partial charge is 0.388 e. The summed E-state index contributed by atoms with van der Waals surface area (Å²) in [5, 5.41) is 7.22. The molecule has 0 radical (unpaired) electrons. The summed E-state index contributed by atoms with van der Waals surface area (Å²) in [6.45, 7) is 0.289. The summed E-state index contributed by atoms with van der Waals surface area (Å²) in [6.07, 6.45) is 0.196. The third-order valence-electron chi connectivity index (χ3n) is 2.51. The molecule has 7 heteroatoms. The van der Waals surface area contributed by atoms with Gasteiger partial charge >= 0.3 is 0 Å². The standard InChI is InChI=1S/C12H19N3O3S/c1-18-9-10-19(16,17)15(8-7-12(13)14)11-5-3-2-4-6-11/h2-6H,7-10H2,1H3,(H3,13,14). The molecule has 0 spiro atoms. The number of ether oxygens (including phenoxy) is 1. The van der Waals surface area contributed by atoms with E-state index in [9.17, 15) is 8.42 Å². The van der Waals surface area contributed by atoms with Crippen molar-refractivity contribution >= 4 is 21.5 Å². The number of rotatable bonds is 8. The minimum Gasteiger partial charge on any atom is -0.388 e. The Hall–Kier alpha value is -1.60. The van der Waals surface area contributed by atoms with E-state index in [1.807, 2.05) is 6.07 Å². The molecule has 0 heterocycles. The maximum absolute atomic E-state index is 12.2. The topological polar surface area (TPSA) is 96.5 Å². The van der Waals surface area contributed by atoms with Crippen LogP contribution in [-0.4, -0.2) is 40.3 Å². The maximum atomic E-state index is 12.2. The molecular weight excluding hydrogens is 266 g/mol. The zero-order chi connectivity index (χ0) is 14.3. The predicted octanol–water partition coefficient (Wildman–Crippen LogP) is 0.795. The molecule has 0 saturated heterocycles. The Kier molecular flexibility index (Phi) is 5.78. The van der Waals surface area contributed by atoms with Gasteiger partial charge in [-0.1, -0.05) is 18.2 Å². The first-order valence-electron chi connectivity index (χ1n) is 5.84. The minimum absolute atomic E-state index is 0.0390. The number of sulfonamides is 1. The SMILES string of the molecule is COCCS(=O)(=O)N(CCC(=N)N)c1ccccc1. The highest BCUT2D eigenvalue weighted by Crippen LogP contribution is 2.18. The Balaban J connectivity index is 2.95. The van der Waals surface area contributed by atoms with E-state index in [4.69, 9.17) is 15.9 Å². The van der Waals surface area contributed by atoms with Gasteiger partial charge in [0.15, 0.2) is 0 Å². The number of nitrogens with zero attached hydrogens (tertiary/aromatic N) is 1. The maximum Gasteiger partial charge on any atom is 0.237 e. The number of nitrogens with one attached hydrogen (secondary N) is 1. The Labute approximate surface area is 113 Å². The van der Waals surface area contributed by atoms with Crippen LogP contribution in [0.25, 0.3) is 0 Å². The van der Waals surface area contributed by atoms with Gasteiger partial charge < -0.3 is 10.5 Å². The third-order valence-corrected chi connectivity index (χ3v) is 4.26. The first-order chi connectivity index (χ1) is 8.97. The second-order valence-corrected chi connectivity index (χ2v) is 6.00. The molecule has 0 amide bonds. The monoisotopic (exact) mass is 285 g/mol. The molecule has 1 rings (SSSR count). The third kappa shape index (κ3) is 4.88. The van der Waals surface area contributed by atoms with E-state index in [1.54, 1.807) is 24.3 Å². The molecule has 0 aromatic heterocycles. The average molecular weight is 285 g/mol. The van der Waals surface area contributed by atoms with Gasteiger partial charge in [-0.3, -0.25) is 9.71 Å². The zero-order valence-electron chi connectivity index (χ0n) is 10.9. The number of benzene rings is 1. The molecule has 0 aliphatic carbocycles. The lowest BCUT2D eigenvalue weighted by Crippen LogP contribution is -2.36. The summed E-state index contributed by atoms with van der Waals surface area (Å²) in [4.78, 5) is 0. The van der Waals surface area contributed by atoms with Crippen molar-refractivity contribution in [3.63, 3.8) is 0 Å². The normalized spacial score (nSPS) is 11.2. The molecule has 106 valence electrons. The number of hydrogen-bond donors (Lipinski definition) is 2. The van der Waals surface area contributed by atoms with Gasteiger partial charge in [0.05, 0.1) is 23.9 Å². The van der Waals surface area contributed by atoms with Gasteiger partial charge in [-0.25, -0.2) is 8.42 Å². The van der Waals surface area contributed by atoms with Crippen molar-refractivity contribution in [3.05, 3.63) is 30.3 Å². The Morgan fingerprint density at radius 2 is 2.00 bits per heavy atom. The van der Waals surface area contributed by atoms with Gasteiger partial charge in [-0.05, 0) is 12.1 Å². The predicted molar refractivity (Wildman–Crippen MR) is 76.0 cm³/mol. The zero-order valence-corrected chi connectivity index (χ0v) is 11.7. The lowest BCUT2D eigenvalue weighted by Gasteiger charge is -2.24. The lowest BCUT2D eigenvalue weighted by molar-refractivity contribution is 0.217. The van der Waals surface area contributed by atoms with Gasteiger partial charge in [0, 0.05) is 20.1 Å². The summed E-state index contributed by atoms with van der Waals surface area (Å²) < 4.78 is 30.6. The van der Waals surface area contributed by atoms with E-state index < -0.39 is 10.0 Å². The van der Waals surface area contributed by atoms with Crippen LogP contribution < -0.4 is 10.0 Å². The average Bonchev–Trinajstić information content (AvgIpc) is 2.37. The van der Waals surface area contributed by atoms with Crippen LogP contribution in [0.1, 0.15) is 6.42 Å². The van der Waals surface area contributed by atoms with Crippen LogP contribution in [0.15, 0.2) is 30.3 Å². The number of anilines is 1. The van der Waals surface area contributed by atoms with Crippen LogP contribution in [0.4, 0.5) is 5.69 Å². The van der Waals surface area contributed by atoms with Crippen LogP contribution in [0.2, 0.25) is 0 Å². The van der Waals surface area contributed by atoms with Crippen molar-refractivity contribution in [3.8, 4) is 0 Å². The molecule has 6 nitrogen and oxygen atoms in total.